The molecule has 1 atom stereocenters. The van der Waals surface area contributed by atoms with Crippen LogP contribution in [0, 0.1) is 0 Å². The average molecular weight is 297 g/mol. The minimum absolute atomic E-state index is 0.136. The van der Waals surface area contributed by atoms with Crippen LogP contribution in [0.25, 0.3) is 0 Å². The second-order valence-electron chi connectivity index (χ2n) is 6.83. The number of methoxy groups -OCH3 is 1. The topological polar surface area (TPSA) is 47.6 Å². The fourth-order valence-corrected chi connectivity index (χ4v) is 3.20. The Morgan fingerprint density at radius 3 is 2.48 bits per heavy atom. The number of unbranched alkanes of at least 4 members (excludes halogenated alkanes) is 1. The molecule has 0 spiro atoms. The molecule has 2 fully saturated rings. The zero-order valence-corrected chi connectivity index (χ0v) is 13.7. The fraction of sp³-hybridized carbons (Fsp3) is 0.941. The molecule has 0 aromatic heterocycles. The Hall–Kier alpha value is -0.610. The van der Waals surface area contributed by atoms with Crippen molar-refractivity contribution in [3.05, 3.63) is 0 Å². The number of rotatable bonds is 9. The summed E-state index contributed by atoms with van der Waals surface area (Å²) in [6.07, 6.45) is 12.1. The number of nitrogens with one attached hydrogen (secondary N) is 1. The molecule has 1 N–H and O–H groups in total. The third kappa shape index (κ3) is 5.59. The van der Waals surface area contributed by atoms with Crippen LogP contribution in [0.2, 0.25) is 0 Å². The first-order chi connectivity index (χ1) is 10.1. The van der Waals surface area contributed by atoms with Gasteiger partial charge in [0.05, 0.1) is 13.2 Å². The lowest BCUT2D eigenvalue weighted by Gasteiger charge is -2.28. The van der Waals surface area contributed by atoms with Gasteiger partial charge in [-0.25, -0.2) is 0 Å². The largest absolute Gasteiger partial charge is 0.468 e. The zero-order chi connectivity index (χ0) is 15.1. The summed E-state index contributed by atoms with van der Waals surface area (Å²) in [6.45, 7) is 2.80. The van der Waals surface area contributed by atoms with Crippen LogP contribution in [0.3, 0.4) is 0 Å². The summed E-state index contributed by atoms with van der Waals surface area (Å²) in [6, 6.07) is 0.507. The van der Waals surface area contributed by atoms with Crippen LogP contribution in [-0.4, -0.2) is 37.4 Å². The van der Waals surface area contributed by atoms with Crippen molar-refractivity contribution in [3.63, 3.8) is 0 Å². The predicted octanol–water partition coefficient (Wildman–Crippen LogP) is 3.19. The molecule has 2 saturated carbocycles. The van der Waals surface area contributed by atoms with E-state index in [-0.39, 0.29) is 5.97 Å². The Morgan fingerprint density at radius 2 is 1.86 bits per heavy atom. The fourth-order valence-electron chi connectivity index (χ4n) is 3.20. The van der Waals surface area contributed by atoms with Gasteiger partial charge in [0, 0.05) is 12.6 Å². The number of hydrogen-bond acceptors (Lipinski definition) is 4. The molecule has 0 saturated heterocycles. The van der Waals surface area contributed by atoms with E-state index in [0.717, 1.165) is 25.9 Å². The summed E-state index contributed by atoms with van der Waals surface area (Å²) in [4.78, 5) is 12.0. The number of hydrogen-bond donors (Lipinski definition) is 1. The summed E-state index contributed by atoms with van der Waals surface area (Å²) in [5.41, 5.74) is -0.527. The lowest BCUT2D eigenvalue weighted by Crippen LogP contribution is -2.51. The van der Waals surface area contributed by atoms with Gasteiger partial charge in [-0.2, -0.15) is 0 Å². The quantitative estimate of drug-likeness (QED) is 0.524. The highest BCUT2D eigenvalue weighted by Crippen LogP contribution is 2.26. The maximum absolute atomic E-state index is 12.0. The van der Waals surface area contributed by atoms with Crippen molar-refractivity contribution < 1.29 is 14.3 Å². The number of carbonyl (C=O) groups excluding carboxylic acids is 1. The van der Waals surface area contributed by atoms with E-state index in [0.29, 0.717) is 12.1 Å². The van der Waals surface area contributed by atoms with Gasteiger partial charge >= 0.3 is 5.97 Å². The first kappa shape index (κ1) is 16.8. The highest BCUT2D eigenvalue weighted by Gasteiger charge is 2.38. The van der Waals surface area contributed by atoms with Crippen molar-refractivity contribution in [1.82, 2.24) is 5.32 Å². The molecular weight excluding hydrogens is 266 g/mol. The Balaban J connectivity index is 1.63. The van der Waals surface area contributed by atoms with Gasteiger partial charge in [0.2, 0.25) is 0 Å². The van der Waals surface area contributed by atoms with Crippen LogP contribution in [-0.2, 0) is 14.3 Å². The average Bonchev–Trinajstić information content (AvgIpc) is 3.31. The minimum Gasteiger partial charge on any atom is -0.468 e. The van der Waals surface area contributed by atoms with Crippen LogP contribution in [0.1, 0.15) is 71.1 Å². The molecule has 0 aliphatic heterocycles. The lowest BCUT2D eigenvalue weighted by atomic mass is 9.94. The second kappa shape index (κ2) is 8.14. The molecule has 4 nitrogen and oxygen atoms in total. The van der Waals surface area contributed by atoms with Crippen molar-refractivity contribution in [2.24, 2.45) is 0 Å². The van der Waals surface area contributed by atoms with Gasteiger partial charge in [-0.05, 0) is 51.9 Å². The maximum atomic E-state index is 12.0. The molecule has 2 aliphatic rings. The second-order valence-corrected chi connectivity index (χ2v) is 6.83. The van der Waals surface area contributed by atoms with Gasteiger partial charge in [0.15, 0.2) is 0 Å². The highest BCUT2D eigenvalue weighted by atomic mass is 16.5. The molecule has 0 bridgehead atoms. The molecule has 0 amide bonds. The van der Waals surface area contributed by atoms with Crippen molar-refractivity contribution in [2.75, 3.05) is 13.7 Å². The van der Waals surface area contributed by atoms with Gasteiger partial charge in [-0.3, -0.25) is 10.1 Å². The van der Waals surface area contributed by atoms with E-state index in [1.54, 1.807) is 0 Å². The van der Waals surface area contributed by atoms with E-state index in [2.05, 4.69) is 5.32 Å². The summed E-state index contributed by atoms with van der Waals surface area (Å²) in [5, 5.41) is 3.44. The highest BCUT2D eigenvalue weighted by molar-refractivity contribution is 5.80. The third-order valence-corrected chi connectivity index (χ3v) is 4.71. The number of ether oxygens (including phenoxy) is 2. The van der Waals surface area contributed by atoms with E-state index in [1.165, 1.54) is 52.1 Å². The van der Waals surface area contributed by atoms with Crippen LogP contribution in [0.4, 0.5) is 0 Å². The van der Waals surface area contributed by atoms with E-state index in [4.69, 9.17) is 9.47 Å². The van der Waals surface area contributed by atoms with Crippen LogP contribution in [0.5, 0.6) is 0 Å². The molecule has 4 heteroatoms. The van der Waals surface area contributed by atoms with Crippen LogP contribution < -0.4 is 5.32 Å². The lowest BCUT2D eigenvalue weighted by molar-refractivity contribution is -0.148. The Bertz CT molecular complexity index is 324. The number of esters is 1. The summed E-state index contributed by atoms with van der Waals surface area (Å²) in [5.74, 6) is -0.136. The molecule has 2 aliphatic carbocycles. The zero-order valence-electron chi connectivity index (χ0n) is 13.7. The molecule has 0 heterocycles. The van der Waals surface area contributed by atoms with Crippen molar-refractivity contribution in [1.29, 1.82) is 0 Å². The summed E-state index contributed by atoms with van der Waals surface area (Å²) in [7, 11) is 1.47. The molecule has 21 heavy (non-hydrogen) atoms. The Labute approximate surface area is 129 Å². The first-order valence-electron chi connectivity index (χ1n) is 8.62. The molecule has 122 valence electrons. The molecule has 2 rings (SSSR count). The molecule has 1 unspecified atom stereocenters. The summed E-state index contributed by atoms with van der Waals surface area (Å²) >= 11 is 0. The Morgan fingerprint density at radius 1 is 1.14 bits per heavy atom. The maximum Gasteiger partial charge on any atom is 0.325 e. The van der Waals surface area contributed by atoms with E-state index in [1.807, 2.05) is 6.92 Å². The van der Waals surface area contributed by atoms with Gasteiger partial charge in [-0.1, -0.05) is 19.3 Å². The smallest absolute Gasteiger partial charge is 0.325 e. The van der Waals surface area contributed by atoms with Gasteiger partial charge in [0.1, 0.15) is 5.54 Å². The van der Waals surface area contributed by atoms with Crippen LogP contribution in [0.15, 0.2) is 0 Å². The van der Waals surface area contributed by atoms with Gasteiger partial charge in [0.25, 0.3) is 0 Å². The molecule has 0 aromatic carbocycles. The van der Waals surface area contributed by atoms with Crippen molar-refractivity contribution in [3.8, 4) is 0 Å². The molecular formula is C17H31NO3. The van der Waals surface area contributed by atoms with Crippen molar-refractivity contribution >= 4 is 5.97 Å². The SMILES string of the molecule is COC(=O)C(C)(CCCCOC1CCCCC1)NC1CC1. The molecule has 0 radical (unpaired) electrons. The normalized spacial score (nSPS) is 22.8. The van der Waals surface area contributed by atoms with E-state index >= 15 is 0 Å². The van der Waals surface area contributed by atoms with E-state index in [9.17, 15) is 4.79 Å². The van der Waals surface area contributed by atoms with Gasteiger partial charge < -0.3 is 9.47 Å². The van der Waals surface area contributed by atoms with E-state index < -0.39 is 5.54 Å². The first-order valence-corrected chi connectivity index (χ1v) is 8.62. The van der Waals surface area contributed by atoms with Crippen LogP contribution >= 0.6 is 0 Å². The number of carbonyl (C=O) groups is 1. The van der Waals surface area contributed by atoms with Crippen molar-refractivity contribution in [2.45, 2.75) is 88.8 Å². The minimum atomic E-state index is -0.527. The third-order valence-electron chi connectivity index (χ3n) is 4.71. The van der Waals surface area contributed by atoms with Gasteiger partial charge in [-0.15, -0.1) is 0 Å². The summed E-state index contributed by atoms with van der Waals surface area (Å²) < 4.78 is 10.9. The monoisotopic (exact) mass is 297 g/mol. The Kier molecular flexibility index (Phi) is 6.49. The molecule has 0 aromatic rings. The standard InChI is InChI=1S/C17H31NO3/c1-17(16(19)20-2,18-14-10-11-14)12-6-7-13-21-15-8-4-3-5-9-15/h14-15,18H,3-13H2,1-2H3. The predicted molar refractivity (Wildman–Crippen MR) is 83.3 cm³/mol.